The first-order valence-electron chi connectivity index (χ1n) is 7.52. The van der Waals surface area contributed by atoms with Gasteiger partial charge in [-0.05, 0) is 12.1 Å². The second kappa shape index (κ2) is 9.04. The molecule has 2 rings (SSSR count). The number of nitrogens with zero attached hydrogens (tertiary/aromatic N) is 1. The molecule has 138 valence electrons. The van der Waals surface area contributed by atoms with Gasteiger partial charge in [-0.25, -0.2) is 4.98 Å². The minimum atomic E-state index is -0.502. The third-order valence-electron chi connectivity index (χ3n) is 3.38. The van der Waals surface area contributed by atoms with Crippen LogP contribution < -0.4 is 15.0 Å². The Bertz CT molecular complexity index is 865. The Labute approximate surface area is 153 Å². The molecule has 8 nitrogen and oxygen atoms in total. The van der Waals surface area contributed by atoms with Crippen molar-refractivity contribution in [2.45, 2.75) is 11.6 Å². The van der Waals surface area contributed by atoms with E-state index in [-0.39, 0.29) is 28.8 Å². The third-order valence-corrected chi connectivity index (χ3v) is 4.25. The number of ketones is 1. The number of ether oxygens (including phenoxy) is 3. The van der Waals surface area contributed by atoms with Gasteiger partial charge >= 0.3 is 5.97 Å². The van der Waals surface area contributed by atoms with Gasteiger partial charge in [0.1, 0.15) is 11.5 Å². The van der Waals surface area contributed by atoms with Gasteiger partial charge in [0.2, 0.25) is 0 Å². The second-order valence-electron chi connectivity index (χ2n) is 5.07. The number of hydrogen-bond acceptors (Lipinski definition) is 8. The Morgan fingerprint density at radius 1 is 1.15 bits per heavy atom. The lowest BCUT2D eigenvalue weighted by atomic mass is 10.1. The molecule has 0 bridgehead atoms. The van der Waals surface area contributed by atoms with Crippen LogP contribution in [-0.4, -0.2) is 48.8 Å². The maximum atomic E-state index is 12.5. The fourth-order valence-electron chi connectivity index (χ4n) is 2.10. The van der Waals surface area contributed by atoms with Crippen LogP contribution in [0.25, 0.3) is 0 Å². The van der Waals surface area contributed by atoms with Crippen LogP contribution in [0, 0.1) is 0 Å². The van der Waals surface area contributed by atoms with Crippen molar-refractivity contribution < 1.29 is 23.8 Å². The van der Waals surface area contributed by atoms with E-state index in [9.17, 15) is 14.4 Å². The van der Waals surface area contributed by atoms with Crippen molar-refractivity contribution in [2.75, 3.05) is 27.1 Å². The first-order chi connectivity index (χ1) is 12.5. The van der Waals surface area contributed by atoms with Gasteiger partial charge in [0.15, 0.2) is 10.9 Å². The standard InChI is InChI=1S/C17H18N2O6S/c1-23-11-4-5-12(14(8-11)24-2)13(20)9-26-17-18-10(6-15(21)19-17)7-16(22)25-3/h4-6,8H,7,9H2,1-3H3,(H,18,19,21). The lowest BCUT2D eigenvalue weighted by Crippen LogP contribution is -2.14. The summed E-state index contributed by atoms with van der Waals surface area (Å²) in [6.45, 7) is 0. The Kier molecular flexibility index (Phi) is 6.79. The van der Waals surface area contributed by atoms with Crippen molar-refractivity contribution in [1.82, 2.24) is 9.97 Å². The Hall–Kier alpha value is -2.81. The number of methoxy groups -OCH3 is 3. The summed E-state index contributed by atoms with van der Waals surface area (Å²) in [7, 11) is 4.25. The highest BCUT2D eigenvalue weighted by molar-refractivity contribution is 7.99. The van der Waals surface area contributed by atoms with E-state index in [1.807, 2.05) is 0 Å². The molecule has 0 atom stereocenters. The van der Waals surface area contributed by atoms with Gasteiger partial charge in [-0.2, -0.15) is 0 Å². The number of Topliss-reactive ketones (excluding diaryl/α,β-unsaturated/α-hetero) is 1. The van der Waals surface area contributed by atoms with Crippen molar-refractivity contribution in [1.29, 1.82) is 0 Å². The molecule has 1 N–H and O–H groups in total. The molecular formula is C17H18N2O6S. The van der Waals surface area contributed by atoms with E-state index in [0.717, 1.165) is 11.8 Å². The summed E-state index contributed by atoms with van der Waals surface area (Å²) in [5.74, 6) is 0.310. The number of aromatic amines is 1. The Morgan fingerprint density at radius 3 is 2.58 bits per heavy atom. The van der Waals surface area contributed by atoms with Crippen LogP contribution in [0.15, 0.2) is 34.2 Å². The maximum absolute atomic E-state index is 12.5. The summed E-state index contributed by atoms with van der Waals surface area (Å²) >= 11 is 1.06. The summed E-state index contributed by atoms with van der Waals surface area (Å²) in [5, 5.41) is 0.247. The lowest BCUT2D eigenvalue weighted by Gasteiger charge is -2.09. The highest BCUT2D eigenvalue weighted by Crippen LogP contribution is 2.26. The molecule has 0 saturated carbocycles. The number of benzene rings is 1. The zero-order valence-electron chi connectivity index (χ0n) is 14.5. The van der Waals surface area contributed by atoms with Crippen LogP contribution in [0.3, 0.4) is 0 Å². The molecule has 0 fully saturated rings. The van der Waals surface area contributed by atoms with Gasteiger partial charge in [0.25, 0.3) is 5.56 Å². The molecular weight excluding hydrogens is 360 g/mol. The predicted octanol–water partition coefficient (Wildman–Crippen LogP) is 1.48. The fourth-order valence-corrected chi connectivity index (χ4v) is 2.88. The van der Waals surface area contributed by atoms with E-state index >= 15 is 0 Å². The molecule has 2 aromatic rings. The van der Waals surface area contributed by atoms with Crippen LogP contribution in [0.5, 0.6) is 11.5 Å². The maximum Gasteiger partial charge on any atom is 0.311 e. The minimum Gasteiger partial charge on any atom is -0.497 e. The summed E-state index contributed by atoms with van der Waals surface area (Å²) < 4.78 is 14.9. The van der Waals surface area contributed by atoms with Crippen LogP contribution in [0.1, 0.15) is 16.1 Å². The highest BCUT2D eigenvalue weighted by atomic mass is 32.2. The molecule has 1 aromatic carbocycles. The fraction of sp³-hybridized carbons (Fsp3) is 0.294. The van der Waals surface area contributed by atoms with E-state index in [2.05, 4.69) is 14.7 Å². The van der Waals surface area contributed by atoms with Crippen molar-refractivity contribution in [3.05, 3.63) is 45.9 Å². The number of carbonyl (C=O) groups is 2. The Morgan fingerprint density at radius 2 is 1.92 bits per heavy atom. The number of esters is 1. The van der Waals surface area contributed by atoms with Gasteiger partial charge in [-0.1, -0.05) is 11.8 Å². The average Bonchev–Trinajstić information content (AvgIpc) is 2.64. The first kappa shape index (κ1) is 19.5. The van der Waals surface area contributed by atoms with Crippen molar-refractivity contribution in [3.8, 4) is 11.5 Å². The lowest BCUT2D eigenvalue weighted by molar-refractivity contribution is -0.139. The van der Waals surface area contributed by atoms with E-state index in [4.69, 9.17) is 9.47 Å². The van der Waals surface area contributed by atoms with Crippen molar-refractivity contribution in [3.63, 3.8) is 0 Å². The number of H-pyrrole nitrogens is 1. The molecule has 1 aromatic heterocycles. The number of hydrogen-bond donors (Lipinski definition) is 1. The largest absolute Gasteiger partial charge is 0.497 e. The smallest absolute Gasteiger partial charge is 0.311 e. The number of thioether (sulfide) groups is 1. The van der Waals surface area contributed by atoms with Gasteiger partial charge in [-0.15, -0.1) is 0 Å². The van der Waals surface area contributed by atoms with E-state index < -0.39 is 11.5 Å². The van der Waals surface area contributed by atoms with Gasteiger partial charge in [-0.3, -0.25) is 14.4 Å². The SMILES string of the molecule is COC(=O)Cc1cc(=O)[nH]c(SCC(=O)c2ccc(OC)cc2OC)n1. The molecule has 1 heterocycles. The number of rotatable bonds is 8. The first-order valence-corrected chi connectivity index (χ1v) is 8.50. The molecule has 0 unspecified atom stereocenters. The Balaban J connectivity index is 2.12. The zero-order valence-corrected chi connectivity index (χ0v) is 15.3. The molecule has 0 aliphatic heterocycles. The van der Waals surface area contributed by atoms with Gasteiger partial charge in [0.05, 0.1) is 44.8 Å². The molecule has 0 radical (unpaired) electrons. The molecule has 0 spiro atoms. The number of nitrogens with one attached hydrogen (secondary N) is 1. The highest BCUT2D eigenvalue weighted by Gasteiger charge is 2.15. The summed E-state index contributed by atoms with van der Waals surface area (Å²) in [5.41, 5.74) is 0.266. The van der Waals surface area contributed by atoms with Gasteiger partial charge in [0, 0.05) is 12.1 Å². The quantitative estimate of drug-likeness (QED) is 0.318. The predicted molar refractivity (Wildman–Crippen MR) is 95.2 cm³/mol. The number of aromatic nitrogens is 2. The van der Waals surface area contributed by atoms with Crippen LogP contribution in [0.4, 0.5) is 0 Å². The van der Waals surface area contributed by atoms with Gasteiger partial charge < -0.3 is 19.2 Å². The third kappa shape index (κ3) is 5.09. The van der Waals surface area contributed by atoms with Crippen LogP contribution in [-0.2, 0) is 16.0 Å². The molecule has 0 saturated heterocycles. The molecule has 0 amide bonds. The van der Waals surface area contributed by atoms with Crippen molar-refractivity contribution >= 4 is 23.5 Å². The summed E-state index contributed by atoms with van der Waals surface area (Å²) in [6, 6.07) is 6.12. The molecule has 26 heavy (non-hydrogen) atoms. The second-order valence-corrected chi connectivity index (χ2v) is 6.04. The van der Waals surface area contributed by atoms with E-state index in [0.29, 0.717) is 17.1 Å². The van der Waals surface area contributed by atoms with Crippen LogP contribution >= 0.6 is 11.8 Å². The molecule has 0 aliphatic rings. The monoisotopic (exact) mass is 378 g/mol. The zero-order chi connectivity index (χ0) is 19.1. The molecule has 9 heteroatoms. The topological polar surface area (TPSA) is 108 Å². The average molecular weight is 378 g/mol. The van der Waals surface area contributed by atoms with Crippen LogP contribution in [0.2, 0.25) is 0 Å². The summed E-state index contributed by atoms with van der Waals surface area (Å²) in [6.07, 6.45) is -0.117. The number of carbonyl (C=O) groups excluding carboxylic acids is 2. The van der Waals surface area contributed by atoms with E-state index in [1.165, 1.54) is 27.4 Å². The summed E-state index contributed by atoms with van der Waals surface area (Å²) in [4.78, 5) is 42.2. The normalized spacial score (nSPS) is 10.3. The molecule has 0 aliphatic carbocycles. The van der Waals surface area contributed by atoms with E-state index in [1.54, 1.807) is 18.2 Å². The van der Waals surface area contributed by atoms with Crippen molar-refractivity contribution in [2.24, 2.45) is 0 Å². The minimum absolute atomic E-state index is 0.0350.